The summed E-state index contributed by atoms with van der Waals surface area (Å²) >= 11 is 0. The van der Waals surface area contributed by atoms with Gasteiger partial charge in [0.1, 0.15) is 0 Å². The normalized spacial score (nSPS) is 11.8. The van der Waals surface area contributed by atoms with Crippen LogP contribution in [-0.2, 0) is 0 Å². The van der Waals surface area contributed by atoms with E-state index in [2.05, 4.69) is 5.32 Å². The van der Waals surface area contributed by atoms with Crippen molar-refractivity contribution in [1.82, 2.24) is 0 Å². The molecule has 1 unspecified atom stereocenters. The molecular formula is C15H15FN2O3. The van der Waals surface area contributed by atoms with Gasteiger partial charge >= 0.3 is 5.69 Å². The standard InChI is InChI=1S/C15H15FN2O3/c1-10(11-6-4-3-5-7-11)17-13-9-15(21-2)14(18(19)20)8-12(13)16/h3-10,17H,1-2H3. The molecule has 0 heterocycles. The van der Waals surface area contributed by atoms with E-state index in [-0.39, 0.29) is 17.5 Å². The van der Waals surface area contributed by atoms with E-state index in [1.165, 1.54) is 13.2 Å². The number of nitrogens with zero attached hydrogens (tertiary/aromatic N) is 1. The minimum absolute atomic E-state index is 0.0177. The molecule has 0 aliphatic rings. The molecule has 2 aromatic rings. The quantitative estimate of drug-likeness (QED) is 0.669. The van der Waals surface area contributed by atoms with Crippen LogP contribution in [0.15, 0.2) is 42.5 Å². The van der Waals surface area contributed by atoms with Crippen molar-refractivity contribution in [3.63, 3.8) is 0 Å². The molecule has 0 bridgehead atoms. The highest BCUT2D eigenvalue weighted by Crippen LogP contribution is 2.33. The molecule has 5 nitrogen and oxygen atoms in total. The van der Waals surface area contributed by atoms with Crippen molar-refractivity contribution < 1.29 is 14.1 Å². The molecule has 0 amide bonds. The van der Waals surface area contributed by atoms with E-state index in [9.17, 15) is 14.5 Å². The molecule has 0 aliphatic carbocycles. The van der Waals surface area contributed by atoms with Gasteiger partial charge in [0.25, 0.3) is 0 Å². The Morgan fingerprint density at radius 1 is 1.29 bits per heavy atom. The second-order valence-electron chi connectivity index (χ2n) is 4.54. The zero-order valence-corrected chi connectivity index (χ0v) is 11.7. The van der Waals surface area contributed by atoms with E-state index in [4.69, 9.17) is 4.74 Å². The summed E-state index contributed by atoms with van der Waals surface area (Å²) in [6.07, 6.45) is 0. The van der Waals surface area contributed by atoms with Gasteiger partial charge in [-0.2, -0.15) is 0 Å². The fourth-order valence-electron chi connectivity index (χ4n) is 2.02. The van der Waals surface area contributed by atoms with Crippen molar-refractivity contribution in [2.45, 2.75) is 13.0 Å². The lowest BCUT2D eigenvalue weighted by molar-refractivity contribution is -0.385. The van der Waals surface area contributed by atoms with Gasteiger partial charge in [-0.25, -0.2) is 4.39 Å². The summed E-state index contributed by atoms with van der Waals surface area (Å²) in [6.45, 7) is 1.88. The van der Waals surface area contributed by atoms with E-state index < -0.39 is 16.4 Å². The largest absolute Gasteiger partial charge is 0.490 e. The maximum Gasteiger partial charge on any atom is 0.313 e. The zero-order chi connectivity index (χ0) is 15.4. The Bertz CT molecular complexity index is 647. The Labute approximate surface area is 121 Å². The molecule has 0 saturated carbocycles. The van der Waals surface area contributed by atoms with Crippen molar-refractivity contribution in [2.75, 3.05) is 12.4 Å². The summed E-state index contributed by atoms with van der Waals surface area (Å²) < 4.78 is 18.9. The Morgan fingerprint density at radius 2 is 1.95 bits per heavy atom. The van der Waals surface area contributed by atoms with Crippen LogP contribution in [0.5, 0.6) is 5.75 Å². The number of hydrogen-bond donors (Lipinski definition) is 1. The van der Waals surface area contributed by atoms with Gasteiger partial charge in [-0.15, -0.1) is 0 Å². The van der Waals surface area contributed by atoms with Crippen LogP contribution in [0.25, 0.3) is 0 Å². The lowest BCUT2D eigenvalue weighted by Crippen LogP contribution is -2.08. The summed E-state index contributed by atoms with van der Waals surface area (Å²) in [5.74, 6) is -0.672. The molecule has 21 heavy (non-hydrogen) atoms. The number of nitrogens with one attached hydrogen (secondary N) is 1. The Hall–Kier alpha value is -2.63. The lowest BCUT2D eigenvalue weighted by atomic mass is 10.1. The van der Waals surface area contributed by atoms with Gasteiger partial charge in [-0.3, -0.25) is 10.1 Å². The van der Waals surface area contributed by atoms with Gasteiger partial charge in [-0.1, -0.05) is 30.3 Å². The minimum Gasteiger partial charge on any atom is -0.490 e. The van der Waals surface area contributed by atoms with Gasteiger partial charge in [0, 0.05) is 12.1 Å². The molecule has 2 rings (SSSR count). The van der Waals surface area contributed by atoms with Crippen LogP contribution in [0.3, 0.4) is 0 Å². The molecule has 0 fully saturated rings. The van der Waals surface area contributed by atoms with Crippen molar-refractivity contribution in [3.8, 4) is 5.75 Å². The number of methoxy groups -OCH3 is 1. The summed E-state index contributed by atoms with van der Waals surface area (Å²) in [5, 5.41) is 13.8. The first kappa shape index (κ1) is 14.8. The number of nitro groups is 1. The molecule has 1 N–H and O–H groups in total. The third-order valence-electron chi connectivity index (χ3n) is 3.14. The molecule has 0 aliphatic heterocycles. The van der Waals surface area contributed by atoms with E-state index >= 15 is 0 Å². The number of ether oxygens (including phenoxy) is 1. The maximum absolute atomic E-state index is 14.0. The average molecular weight is 290 g/mol. The fourth-order valence-corrected chi connectivity index (χ4v) is 2.02. The Balaban J connectivity index is 2.30. The fraction of sp³-hybridized carbons (Fsp3) is 0.200. The third kappa shape index (κ3) is 3.28. The number of benzene rings is 2. The van der Waals surface area contributed by atoms with Crippen molar-refractivity contribution in [3.05, 3.63) is 64.0 Å². The highest BCUT2D eigenvalue weighted by molar-refractivity contribution is 5.59. The Morgan fingerprint density at radius 3 is 2.52 bits per heavy atom. The summed E-state index contributed by atoms with van der Waals surface area (Å²) in [4.78, 5) is 10.2. The number of nitro benzene ring substituents is 1. The molecule has 0 spiro atoms. The number of hydrogen-bond acceptors (Lipinski definition) is 4. The van der Waals surface area contributed by atoms with E-state index in [1.54, 1.807) is 0 Å². The molecule has 1 atom stereocenters. The first-order valence-electron chi connectivity index (χ1n) is 6.36. The highest BCUT2D eigenvalue weighted by atomic mass is 19.1. The monoisotopic (exact) mass is 290 g/mol. The molecule has 0 saturated heterocycles. The summed E-state index contributed by atoms with van der Waals surface area (Å²) in [5.41, 5.74) is 0.746. The number of rotatable bonds is 5. The molecular weight excluding hydrogens is 275 g/mol. The van der Waals surface area contributed by atoms with Crippen molar-refractivity contribution in [2.24, 2.45) is 0 Å². The van der Waals surface area contributed by atoms with Gasteiger partial charge in [0.05, 0.1) is 23.8 Å². The molecule has 0 radical (unpaired) electrons. The van der Waals surface area contributed by atoms with E-state index in [1.807, 2.05) is 37.3 Å². The molecule has 6 heteroatoms. The van der Waals surface area contributed by atoms with Crippen LogP contribution in [0.4, 0.5) is 15.8 Å². The van der Waals surface area contributed by atoms with Crippen LogP contribution in [0.2, 0.25) is 0 Å². The first-order chi connectivity index (χ1) is 10.0. The van der Waals surface area contributed by atoms with Gasteiger partial charge < -0.3 is 10.1 Å². The highest BCUT2D eigenvalue weighted by Gasteiger charge is 2.20. The second kappa shape index (κ2) is 6.21. The minimum atomic E-state index is -0.690. The second-order valence-corrected chi connectivity index (χ2v) is 4.54. The van der Waals surface area contributed by atoms with Gasteiger partial charge in [0.2, 0.25) is 0 Å². The van der Waals surface area contributed by atoms with Crippen LogP contribution in [-0.4, -0.2) is 12.0 Å². The van der Waals surface area contributed by atoms with Gasteiger partial charge in [-0.05, 0) is 12.5 Å². The first-order valence-corrected chi connectivity index (χ1v) is 6.36. The lowest BCUT2D eigenvalue weighted by Gasteiger charge is -2.17. The van der Waals surface area contributed by atoms with Crippen LogP contribution < -0.4 is 10.1 Å². The van der Waals surface area contributed by atoms with Crippen LogP contribution in [0, 0.1) is 15.9 Å². The number of halogens is 1. The Kier molecular flexibility index (Phi) is 4.37. The van der Waals surface area contributed by atoms with E-state index in [0.717, 1.165) is 11.6 Å². The smallest absolute Gasteiger partial charge is 0.313 e. The van der Waals surface area contributed by atoms with E-state index in [0.29, 0.717) is 0 Å². The zero-order valence-electron chi connectivity index (χ0n) is 11.7. The summed E-state index contributed by atoms with van der Waals surface area (Å²) in [7, 11) is 1.31. The van der Waals surface area contributed by atoms with Crippen molar-refractivity contribution >= 4 is 11.4 Å². The average Bonchev–Trinajstić information content (AvgIpc) is 2.49. The topological polar surface area (TPSA) is 64.4 Å². The number of anilines is 1. The summed E-state index contributed by atoms with van der Waals surface area (Å²) in [6, 6.07) is 11.5. The van der Waals surface area contributed by atoms with Crippen LogP contribution >= 0.6 is 0 Å². The van der Waals surface area contributed by atoms with Crippen molar-refractivity contribution in [1.29, 1.82) is 0 Å². The van der Waals surface area contributed by atoms with Gasteiger partial charge in [0.15, 0.2) is 11.6 Å². The predicted octanol–water partition coefficient (Wildman–Crippen LogP) is 3.92. The van der Waals surface area contributed by atoms with Crippen LogP contribution in [0.1, 0.15) is 18.5 Å². The third-order valence-corrected chi connectivity index (χ3v) is 3.14. The molecule has 0 aromatic heterocycles. The SMILES string of the molecule is COc1cc(NC(C)c2ccccc2)c(F)cc1[N+](=O)[O-]. The molecule has 2 aromatic carbocycles. The predicted molar refractivity (Wildman–Crippen MR) is 78.1 cm³/mol. The maximum atomic E-state index is 14.0. The molecule has 110 valence electrons.